The number of nitrogens with two attached hydrogens (primary N) is 1. The van der Waals surface area contributed by atoms with Crippen LogP contribution in [0.2, 0.25) is 5.02 Å². The van der Waals surface area contributed by atoms with Crippen molar-refractivity contribution in [3.63, 3.8) is 0 Å². The molecule has 1 atom stereocenters. The van der Waals surface area contributed by atoms with E-state index >= 15 is 0 Å². The van der Waals surface area contributed by atoms with E-state index in [1.165, 1.54) is 0 Å². The highest BCUT2D eigenvalue weighted by Crippen LogP contribution is 2.24. The number of aromatic nitrogens is 2. The van der Waals surface area contributed by atoms with E-state index in [0.29, 0.717) is 23.0 Å². The number of ether oxygens (including phenoxy) is 1. The van der Waals surface area contributed by atoms with Crippen molar-refractivity contribution in [2.75, 3.05) is 13.2 Å². The van der Waals surface area contributed by atoms with Crippen LogP contribution in [0, 0.1) is 6.92 Å². The van der Waals surface area contributed by atoms with Gasteiger partial charge in [-0.15, -0.1) is 0 Å². The van der Waals surface area contributed by atoms with Gasteiger partial charge in [-0.25, -0.2) is 8.78 Å². The highest BCUT2D eigenvalue weighted by atomic mass is 35.5. The Balaban J connectivity index is 2.53. The number of rotatable bonds is 8. The average molecular weight is 332 g/mol. The summed E-state index contributed by atoms with van der Waals surface area (Å²) in [5, 5.41) is 4.66. The van der Waals surface area contributed by atoms with Gasteiger partial charge < -0.3 is 10.5 Å². The fourth-order valence-electron chi connectivity index (χ4n) is 1.78. The molecule has 2 N–H and O–H groups in total. The summed E-state index contributed by atoms with van der Waals surface area (Å²) >= 11 is 6.09. The summed E-state index contributed by atoms with van der Waals surface area (Å²) < 4.78 is 55.5. The molecule has 1 rings (SSSR count). The third-order valence-electron chi connectivity index (χ3n) is 2.85. The van der Waals surface area contributed by atoms with E-state index in [0.717, 1.165) is 0 Å². The number of halogens is 5. The van der Waals surface area contributed by atoms with Crippen LogP contribution in [0.5, 0.6) is 0 Å². The Morgan fingerprint density at radius 1 is 1.43 bits per heavy atom. The van der Waals surface area contributed by atoms with E-state index < -0.39 is 25.0 Å². The van der Waals surface area contributed by atoms with Crippen molar-refractivity contribution in [2.24, 2.45) is 5.73 Å². The minimum Gasteiger partial charge on any atom is -0.373 e. The first-order valence-electron chi connectivity index (χ1n) is 6.40. The molecule has 9 heteroatoms. The maximum Gasteiger partial charge on any atom is 0.330 e. The summed E-state index contributed by atoms with van der Waals surface area (Å²) in [6, 6.07) is -0.641. The molecule has 0 amide bonds. The third kappa shape index (κ3) is 4.82. The molecule has 0 saturated heterocycles. The Labute approximate surface area is 125 Å². The van der Waals surface area contributed by atoms with Crippen LogP contribution < -0.4 is 5.73 Å². The lowest BCUT2D eigenvalue weighted by atomic mass is 10.1. The normalized spacial score (nSPS) is 14.0. The van der Waals surface area contributed by atoms with E-state index in [4.69, 9.17) is 17.3 Å². The van der Waals surface area contributed by atoms with Gasteiger partial charge in [-0.05, 0) is 13.8 Å². The first kappa shape index (κ1) is 18.2. The molecular weight excluding hydrogens is 314 g/mol. The molecule has 4 nitrogen and oxygen atoms in total. The summed E-state index contributed by atoms with van der Waals surface area (Å²) in [5.74, 6) is -4.17. The van der Waals surface area contributed by atoms with Gasteiger partial charge in [0.15, 0.2) is 0 Å². The van der Waals surface area contributed by atoms with Crippen LogP contribution in [0.1, 0.15) is 18.3 Å². The molecule has 122 valence electrons. The number of hydrogen-bond donors (Lipinski definition) is 1. The van der Waals surface area contributed by atoms with Gasteiger partial charge in [-0.3, -0.25) is 4.68 Å². The summed E-state index contributed by atoms with van der Waals surface area (Å²) in [4.78, 5) is 0. The maximum absolute atomic E-state index is 12.7. The van der Waals surface area contributed by atoms with Crippen LogP contribution in [0.25, 0.3) is 0 Å². The molecule has 0 saturated carbocycles. The van der Waals surface area contributed by atoms with Crippen LogP contribution in [-0.4, -0.2) is 41.4 Å². The fourth-order valence-corrected chi connectivity index (χ4v) is 1.99. The topological polar surface area (TPSA) is 53.1 Å². The molecule has 1 unspecified atom stereocenters. The summed E-state index contributed by atoms with van der Waals surface area (Å²) in [6.45, 7) is 2.56. The van der Waals surface area contributed by atoms with Crippen LogP contribution >= 0.6 is 11.6 Å². The molecule has 0 bridgehead atoms. The molecule has 0 aliphatic rings. The predicted octanol–water partition coefficient (Wildman–Crippen LogP) is 2.65. The largest absolute Gasteiger partial charge is 0.373 e. The molecule has 0 aliphatic heterocycles. The Bertz CT molecular complexity index is 468. The van der Waals surface area contributed by atoms with Gasteiger partial charge in [0, 0.05) is 19.0 Å². The van der Waals surface area contributed by atoms with Gasteiger partial charge in [0.1, 0.15) is 6.61 Å². The summed E-state index contributed by atoms with van der Waals surface area (Å²) in [5.41, 5.74) is 7.07. The average Bonchev–Trinajstić information content (AvgIpc) is 2.66. The van der Waals surface area contributed by atoms with E-state index in [-0.39, 0.29) is 13.0 Å². The standard InChI is InChI=1S/C12H18ClF4N3O/c1-3-20-9(10(13)7(2)19-20)4-8(18)5-21-6-12(16,17)11(14)15/h8,11H,3-6,18H2,1-2H3. The number of alkyl halides is 4. The SMILES string of the molecule is CCn1nc(C)c(Cl)c1CC(N)COCC(F)(F)C(F)F. The first-order chi connectivity index (χ1) is 9.69. The second-order valence-electron chi connectivity index (χ2n) is 4.70. The molecule has 0 spiro atoms. The molecule has 0 fully saturated rings. The number of hydrogen-bond acceptors (Lipinski definition) is 3. The maximum atomic E-state index is 12.7. The lowest BCUT2D eigenvalue weighted by Crippen LogP contribution is -2.36. The molecule has 0 aromatic carbocycles. The second-order valence-corrected chi connectivity index (χ2v) is 5.08. The zero-order valence-corrected chi connectivity index (χ0v) is 12.5. The summed E-state index contributed by atoms with van der Waals surface area (Å²) in [7, 11) is 0. The van der Waals surface area contributed by atoms with Crippen LogP contribution in [0.3, 0.4) is 0 Å². The van der Waals surface area contributed by atoms with E-state index in [9.17, 15) is 17.6 Å². The zero-order chi connectivity index (χ0) is 16.2. The fraction of sp³-hybridized carbons (Fsp3) is 0.750. The highest BCUT2D eigenvalue weighted by Gasteiger charge is 2.41. The Morgan fingerprint density at radius 2 is 2.05 bits per heavy atom. The summed E-state index contributed by atoms with van der Waals surface area (Å²) in [6.07, 6.45) is -3.50. The Hall–Kier alpha value is -0.860. The highest BCUT2D eigenvalue weighted by molar-refractivity contribution is 6.31. The van der Waals surface area contributed by atoms with Crippen molar-refractivity contribution >= 4 is 11.6 Å². The number of nitrogens with zero attached hydrogens (tertiary/aromatic N) is 2. The zero-order valence-electron chi connectivity index (χ0n) is 11.8. The van der Waals surface area contributed by atoms with Crippen molar-refractivity contribution in [1.82, 2.24) is 9.78 Å². The quantitative estimate of drug-likeness (QED) is 0.745. The molecule has 0 aliphatic carbocycles. The van der Waals surface area contributed by atoms with Gasteiger partial charge >= 0.3 is 12.3 Å². The van der Waals surface area contributed by atoms with E-state index in [1.807, 2.05) is 6.92 Å². The van der Waals surface area contributed by atoms with Gasteiger partial charge in [0.2, 0.25) is 0 Å². The molecule has 0 radical (unpaired) electrons. The Morgan fingerprint density at radius 3 is 2.57 bits per heavy atom. The Kier molecular flexibility index (Phi) is 6.42. The smallest absolute Gasteiger partial charge is 0.330 e. The van der Waals surface area contributed by atoms with Crippen molar-refractivity contribution in [3.05, 3.63) is 16.4 Å². The lowest BCUT2D eigenvalue weighted by molar-refractivity contribution is -0.166. The molecule has 1 aromatic heterocycles. The minimum atomic E-state index is -4.17. The van der Waals surface area contributed by atoms with Crippen molar-refractivity contribution < 1.29 is 22.3 Å². The molecule has 1 heterocycles. The van der Waals surface area contributed by atoms with Crippen LogP contribution in [0.15, 0.2) is 0 Å². The van der Waals surface area contributed by atoms with E-state index in [2.05, 4.69) is 9.84 Å². The second kappa shape index (κ2) is 7.42. The number of aryl methyl sites for hydroxylation is 2. The van der Waals surface area contributed by atoms with Gasteiger partial charge in [-0.1, -0.05) is 11.6 Å². The molecule has 1 aromatic rings. The van der Waals surface area contributed by atoms with Crippen molar-refractivity contribution in [2.45, 2.75) is 45.2 Å². The van der Waals surface area contributed by atoms with Crippen molar-refractivity contribution in [3.8, 4) is 0 Å². The predicted molar refractivity (Wildman–Crippen MR) is 71.1 cm³/mol. The monoisotopic (exact) mass is 331 g/mol. The first-order valence-corrected chi connectivity index (χ1v) is 6.77. The third-order valence-corrected chi connectivity index (χ3v) is 3.35. The van der Waals surface area contributed by atoms with Gasteiger partial charge in [-0.2, -0.15) is 13.9 Å². The minimum absolute atomic E-state index is 0.258. The van der Waals surface area contributed by atoms with E-state index in [1.54, 1.807) is 11.6 Å². The lowest BCUT2D eigenvalue weighted by Gasteiger charge is -2.18. The van der Waals surface area contributed by atoms with Gasteiger partial charge in [0.25, 0.3) is 0 Å². The molecular formula is C12H18ClF4N3O. The van der Waals surface area contributed by atoms with Gasteiger partial charge in [0.05, 0.1) is 23.0 Å². The van der Waals surface area contributed by atoms with Crippen molar-refractivity contribution in [1.29, 1.82) is 0 Å². The van der Waals surface area contributed by atoms with Crippen LogP contribution in [0.4, 0.5) is 17.6 Å². The molecule has 21 heavy (non-hydrogen) atoms. The van der Waals surface area contributed by atoms with Crippen LogP contribution in [-0.2, 0) is 17.7 Å².